The van der Waals surface area contributed by atoms with Gasteiger partial charge in [0.2, 0.25) is 0 Å². The van der Waals surface area contributed by atoms with Crippen LogP contribution in [0.1, 0.15) is 20.3 Å². The SMILES string of the molecule is CC(C)(O)CNCCCn1ccnn1. The zero-order chi connectivity index (χ0) is 10.4. The lowest BCUT2D eigenvalue weighted by Crippen LogP contribution is -2.35. The minimum atomic E-state index is -0.632. The molecule has 2 N–H and O–H groups in total. The molecular weight excluding hydrogens is 180 g/mol. The van der Waals surface area contributed by atoms with Crippen LogP contribution in [0.25, 0.3) is 0 Å². The minimum Gasteiger partial charge on any atom is -0.389 e. The average Bonchev–Trinajstić information content (AvgIpc) is 2.54. The smallest absolute Gasteiger partial charge is 0.0715 e. The summed E-state index contributed by atoms with van der Waals surface area (Å²) in [7, 11) is 0. The Morgan fingerprint density at radius 1 is 1.50 bits per heavy atom. The van der Waals surface area contributed by atoms with Gasteiger partial charge in [0.25, 0.3) is 0 Å². The Kier molecular flexibility index (Phi) is 4.03. The maximum Gasteiger partial charge on any atom is 0.0715 e. The van der Waals surface area contributed by atoms with Crippen LogP contribution in [0.5, 0.6) is 0 Å². The quantitative estimate of drug-likeness (QED) is 0.633. The van der Waals surface area contributed by atoms with Crippen molar-refractivity contribution in [3.05, 3.63) is 12.4 Å². The molecule has 1 rings (SSSR count). The predicted octanol–water partition coefficient (Wildman–Crippen LogP) is 0.0287. The molecule has 1 heterocycles. The summed E-state index contributed by atoms with van der Waals surface area (Å²) >= 11 is 0. The third-order valence-electron chi connectivity index (χ3n) is 1.77. The van der Waals surface area contributed by atoms with Gasteiger partial charge in [0.05, 0.1) is 11.8 Å². The molecule has 0 aromatic carbocycles. The van der Waals surface area contributed by atoms with Gasteiger partial charge in [0.1, 0.15) is 0 Å². The van der Waals surface area contributed by atoms with Crippen molar-refractivity contribution in [1.82, 2.24) is 20.3 Å². The molecule has 0 saturated heterocycles. The number of aryl methyl sites for hydroxylation is 1. The predicted molar refractivity (Wildman–Crippen MR) is 53.8 cm³/mol. The van der Waals surface area contributed by atoms with Gasteiger partial charge in [-0.15, -0.1) is 5.10 Å². The van der Waals surface area contributed by atoms with E-state index in [0.29, 0.717) is 6.54 Å². The van der Waals surface area contributed by atoms with E-state index in [0.717, 1.165) is 19.5 Å². The number of nitrogens with zero attached hydrogens (tertiary/aromatic N) is 3. The van der Waals surface area contributed by atoms with Gasteiger partial charge in [-0.2, -0.15) is 0 Å². The molecule has 5 nitrogen and oxygen atoms in total. The lowest BCUT2D eigenvalue weighted by molar-refractivity contribution is 0.0798. The van der Waals surface area contributed by atoms with Crippen molar-refractivity contribution in [2.75, 3.05) is 13.1 Å². The topological polar surface area (TPSA) is 63.0 Å². The van der Waals surface area contributed by atoms with Gasteiger partial charge in [-0.25, -0.2) is 0 Å². The van der Waals surface area contributed by atoms with E-state index in [9.17, 15) is 5.11 Å². The molecule has 0 aliphatic heterocycles. The zero-order valence-corrected chi connectivity index (χ0v) is 8.77. The molecule has 1 aromatic rings. The number of aromatic nitrogens is 3. The van der Waals surface area contributed by atoms with E-state index in [-0.39, 0.29) is 0 Å². The fraction of sp³-hybridized carbons (Fsp3) is 0.778. The van der Waals surface area contributed by atoms with Crippen LogP contribution in [-0.4, -0.2) is 38.8 Å². The van der Waals surface area contributed by atoms with Crippen LogP contribution in [0.2, 0.25) is 0 Å². The van der Waals surface area contributed by atoms with Crippen molar-refractivity contribution < 1.29 is 5.11 Å². The lowest BCUT2D eigenvalue weighted by Gasteiger charge is -2.17. The first-order valence-electron chi connectivity index (χ1n) is 4.85. The van der Waals surface area contributed by atoms with Crippen molar-refractivity contribution >= 4 is 0 Å². The van der Waals surface area contributed by atoms with Crippen LogP contribution in [-0.2, 0) is 6.54 Å². The van der Waals surface area contributed by atoms with Crippen molar-refractivity contribution in [2.45, 2.75) is 32.4 Å². The van der Waals surface area contributed by atoms with E-state index < -0.39 is 5.60 Å². The minimum absolute atomic E-state index is 0.615. The molecule has 1 aromatic heterocycles. The van der Waals surface area contributed by atoms with E-state index in [2.05, 4.69) is 15.6 Å². The number of rotatable bonds is 6. The Hall–Kier alpha value is -0.940. The summed E-state index contributed by atoms with van der Waals surface area (Å²) in [6.45, 7) is 5.93. The van der Waals surface area contributed by atoms with Gasteiger partial charge in [-0.3, -0.25) is 4.68 Å². The van der Waals surface area contributed by atoms with Gasteiger partial charge in [-0.1, -0.05) is 5.21 Å². The summed E-state index contributed by atoms with van der Waals surface area (Å²) in [5.74, 6) is 0. The molecule has 0 aliphatic carbocycles. The molecule has 0 radical (unpaired) electrons. The van der Waals surface area contributed by atoms with Gasteiger partial charge >= 0.3 is 0 Å². The normalized spacial score (nSPS) is 11.9. The van der Waals surface area contributed by atoms with Crippen LogP contribution in [0.15, 0.2) is 12.4 Å². The van der Waals surface area contributed by atoms with Crippen LogP contribution in [0, 0.1) is 0 Å². The number of nitrogens with one attached hydrogen (secondary N) is 1. The fourth-order valence-electron chi connectivity index (χ4n) is 1.11. The molecular formula is C9H18N4O. The highest BCUT2D eigenvalue weighted by atomic mass is 16.3. The molecule has 5 heteroatoms. The second-order valence-electron chi connectivity index (χ2n) is 4.01. The summed E-state index contributed by atoms with van der Waals surface area (Å²) in [5, 5.41) is 20.2. The second kappa shape index (κ2) is 5.07. The number of aliphatic hydroxyl groups is 1. The van der Waals surface area contributed by atoms with Crippen LogP contribution in [0.3, 0.4) is 0 Å². The lowest BCUT2D eigenvalue weighted by atomic mass is 10.1. The highest BCUT2D eigenvalue weighted by Gasteiger charge is 2.10. The molecule has 0 spiro atoms. The van der Waals surface area contributed by atoms with Crippen molar-refractivity contribution in [3.63, 3.8) is 0 Å². The summed E-state index contributed by atoms with van der Waals surface area (Å²) < 4.78 is 1.80. The first kappa shape index (κ1) is 11.1. The third kappa shape index (κ3) is 4.94. The molecule has 0 aliphatic rings. The molecule has 80 valence electrons. The number of hydrogen-bond donors (Lipinski definition) is 2. The summed E-state index contributed by atoms with van der Waals surface area (Å²) in [6.07, 6.45) is 4.50. The van der Waals surface area contributed by atoms with Crippen molar-refractivity contribution in [3.8, 4) is 0 Å². The Balaban J connectivity index is 2.00. The van der Waals surface area contributed by atoms with Crippen molar-refractivity contribution in [2.24, 2.45) is 0 Å². The van der Waals surface area contributed by atoms with Gasteiger partial charge in [-0.05, 0) is 26.8 Å². The summed E-state index contributed by atoms with van der Waals surface area (Å²) in [5.41, 5.74) is -0.632. The maximum absolute atomic E-state index is 9.41. The number of hydrogen-bond acceptors (Lipinski definition) is 4. The second-order valence-corrected chi connectivity index (χ2v) is 4.01. The molecule has 0 saturated carbocycles. The first-order chi connectivity index (χ1) is 6.58. The molecule has 14 heavy (non-hydrogen) atoms. The Morgan fingerprint density at radius 3 is 2.86 bits per heavy atom. The molecule has 0 amide bonds. The van der Waals surface area contributed by atoms with E-state index in [4.69, 9.17) is 0 Å². The van der Waals surface area contributed by atoms with Crippen LogP contribution >= 0.6 is 0 Å². The highest BCUT2D eigenvalue weighted by molar-refractivity contribution is 4.68. The molecule has 0 unspecified atom stereocenters. The Bertz CT molecular complexity index is 240. The monoisotopic (exact) mass is 198 g/mol. The largest absolute Gasteiger partial charge is 0.389 e. The van der Waals surface area contributed by atoms with E-state index in [1.54, 1.807) is 24.7 Å². The average molecular weight is 198 g/mol. The van der Waals surface area contributed by atoms with Gasteiger partial charge < -0.3 is 10.4 Å². The first-order valence-corrected chi connectivity index (χ1v) is 4.85. The third-order valence-corrected chi connectivity index (χ3v) is 1.77. The van der Waals surface area contributed by atoms with Gasteiger partial charge in [0.15, 0.2) is 0 Å². The molecule has 0 atom stereocenters. The summed E-state index contributed by atoms with van der Waals surface area (Å²) in [6, 6.07) is 0. The Labute approximate surface area is 84.1 Å². The van der Waals surface area contributed by atoms with E-state index in [1.807, 2.05) is 6.20 Å². The summed E-state index contributed by atoms with van der Waals surface area (Å²) in [4.78, 5) is 0. The fourth-order valence-corrected chi connectivity index (χ4v) is 1.11. The molecule has 0 fully saturated rings. The molecule has 0 bridgehead atoms. The standard InChI is InChI=1S/C9H18N4O/c1-9(2,14)8-10-4-3-6-13-7-5-11-12-13/h5,7,10,14H,3-4,6,8H2,1-2H3. The Morgan fingerprint density at radius 2 is 2.29 bits per heavy atom. The van der Waals surface area contributed by atoms with Gasteiger partial charge in [0, 0.05) is 19.3 Å². The van der Waals surface area contributed by atoms with Crippen LogP contribution < -0.4 is 5.32 Å². The zero-order valence-electron chi connectivity index (χ0n) is 8.77. The van der Waals surface area contributed by atoms with E-state index >= 15 is 0 Å². The highest BCUT2D eigenvalue weighted by Crippen LogP contribution is 1.97. The van der Waals surface area contributed by atoms with E-state index in [1.165, 1.54) is 0 Å². The van der Waals surface area contributed by atoms with Crippen LogP contribution in [0.4, 0.5) is 0 Å². The maximum atomic E-state index is 9.41. The van der Waals surface area contributed by atoms with Crippen molar-refractivity contribution in [1.29, 1.82) is 0 Å².